The van der Waals surface area contributed by atoms with E-state index in [-0.39, 0.29) is 11.5 Å². The fourth-order valence-corrected chi connectivity index (χ4v) is 1.63. The molecule has 0 aliphatic heterocycles. The van der Waals surface area contributed by atoms with Crippen LogP contribution in [0, 0.1) is 24.0 Å². The minimum atomic E-state index is -0.500. The molecule has 0 aliphatic carbocycles. The Balaban J connectivity index is 2.61. The SMILES string of the molecule is CCNc1ncc([N+](=O)[O-])c(-n2cnc(C)c2C)n1. The molecule has 0 saturated heterocycles. The molecule has 0 aliphatic rings. The summed E-state index contributed by atoms with van der Waals surface area (Å²) < 4.78 is 1.59. The average molecular weight is 262 g/mol. The van der Waals surface area contributed by atoms with Gasteiger partial charge in [-0.05, 0) is 20.8 Å². The van der Waals surface area contributed by atoms with Gasteiger partial charge in [-0.25, -0.2) is 9.97 Å². The van der Waals surface area contributed by atoms with Gasteiger partial charge in [0.2, 0.25) is 11.8 Å². The highest BCUT2D eigenvalue weighted by Gasteiger charge is 2.20. The first-order valence-corrected chi connectivity index (χ1v) is 5.80. The van der Waals surface area contributed by atoms with Crippen molar-refractivity contribution in [1.82, 2.24) is 19.5 Å². The number of nitro groups is 1. The minimum Gasteiger partial charge on any atom is -0.354 e. The molecule has 2 rings (SSSR count). The summed E-state index contributed by atoms with van der Waals surface area (Å²) in [4.78, 5) is 22.8. The van der Waals surface area contributed by atoms with Crippen molar-refractivity contribution >= 4 is 11.6 Å². The summed E-state index contributed by atoms with van der Waals surface area (Å²) in [5.41, 5.74) is 1.46. The Labute approximate surface area is 109 Å². The second kappa shape index (κ2) is 5.01. The van der Waals surface area contributed by atoms with Gasteiger partial charge in [-0.15, -0.1) is 0 Å². The maximum Gasteiger partial charge on any atom is 0.330 e. The van der Waals surface area contributed by atoms with Gasteiger partial charge in [0.25, 0.3) is 0 Å². The zero-order valence-electron chi connectivity index (χ0n) is 10.9. The Morgan fingerprint density at radius 1 is 1.42 bits per heavy atom. The van der Waals surface area contributed by atoms with E-state index in [2.05, 4.69) is 20.3 Å². The number of imidazole rings is 1. The Morgan fingerprint density at radius 3 is 2.68 bits per heavy atom. The summed E-state index contributed by atoms with van der Waals surface area (Å²) in [5, 5.41) is 14.0. The Bertz CT molecular complexity index is 622. The van der Waals surface area contributed by atoms with E-state index in [9.17, 15) is 10.1 Å². The summed E-state index contributed by atoms with van der Waals surface area (Å²) in [7, 11) is 0. The van der Waals surface area contributed by atoms with Gasteiger partial charge in [-0.3, -0.25) is 14.7 Å². The number of aromatic nitrogens is 4. The lowest BCUT2D eigenvalue weighted by Crippen LogP contribution is -2.09. The molecule has 0 bridgehead atoms. The van der Waals surface area contributed by atoms with Crippen molar-refractivity contribution in [2.24, 2.45) is 0 Å². The largest absolute Gasteiger partial charge is 0.354 e. The van der Waals surface area contributed by atoms with Gasteiger partial charge in [-0.1, -0.05) is 0 Å². The zero-order valence-corrected chi connectivity index (χ0v) is 10.9. The molecule has 0 atom stereocenters. The third-order valence-corrected chi connectivity index (χ3v) is 2.76. The lowest BCUT2D eigenvalue weighted by molar-refractivity contribution is -0.385. The van der Waals surface area contributed by atoms with Crippen molar-refractivity contribution in [3.05, 3.63) is 34.0 Å². The lowest BCUT2D eigenvalue weighted by Gasteiger charge is -2.07. The van der Waals surface area contributed by atoms with E-state index in [0.29, 0.717) is 12.5 Å². The Morgan fingerprint density at radius 2 is 2.16 bits per heavy atom. The molecule has 2 aromatic heterocycles. The normalized spacial score (nSPS) is 10.5. The topological polar surface area (TPSA) is 98.8 Å². The smallest absolute Gasteiger partial charge is 0.330 e. The molecular formula is C11H14N6O2. The van der Waals surface area contributed by atoms with Crippen LogP contribution in [0.5, 0.6) is 0 Å². The highest BCUT2D eigenvalue weighted by Crippen LogP contribution is 2.23. The Kier molecular flexibility index (Phi) is 3.41. The van der Waals surface area contributed by atoms with E-state index >= 15 is 0 Å². The standard InChI is InChI=1S/C11H14N6O2/c1-4-12-11-13-5-9(17(18)19)10(15-11)16-6-14-7(2)8(16)3/h5-6H,4H2,1-3H3,(H,12,13,15). The molecule has 0 aromatic carbocycles. The number of nitrogens with one attached hydrogen (secondary N) is 1. The highest BCUT2D eigenvalue weighted by molar-refractivity contribution is 5.49. The van der Waals surface area contributed by atoms with Crippen LogP contribution in [0.25, 0.3) is 5.82 Å². The van der Waals surface area contributed by atoms with Gasteiger partial charge in [0.1, 0.15) is 12.5 Å². The van der Waals surface area contributed by atoms with Crippen LogP contribution in [0.1, 0.15) is 18.3 Å². The van der Waals surface area contributed by atoms with Gasteiger partial charge in [0.15, 0.2) is 0 Å². The number of anilines is 1. The molecule has 1 N–H and O–H groups in total. The van der Waals surface area contributed by atoms with Gasteiger partial charge >= 0.3 is 5.69 Å². The van der Waals surface area contributed by atoms with Gasteiger partial charge in [-0.2, -0.15) is 4.98 Å². The van der Waals surface area contributed by atoms with E-state index in [0.717, 1.165) is 11.4 Å². The van der Waals surface area contributed by atoms with Crippen molar-refractivity contribution in [3.8, 4) is 5.82 Å². The van der Waals surface area contributed by atoms with Crippen LogP contribution in [0.15, 0.2) is 12.5 Å². The summed E-state index contributed by atoms with van der Waals surface area (Å²) in [6.07, 6.45) is 2.73. The van der Waals surface area contributed by atoms with E-state index < -0.39 is 4.92 Å². The van der Waals surface area contributed by atoms with E-state index in [1.807, 2.05) is 20.8 Å². The maximum atomic E-state index is 11.1. The van der Waals surface area contributed by atoms with Crippen molar-refractivity contribution in [2.45, 2.75) is 20.8 Å². The summed E-state index contributed by atoms with van der Waals surface area (Å²) in [6, 6.07) is 0. The van der Waals surface area contributed by atoms with Crippen molar-refractivity contribution in [3.63, 3.8) is 0 Å². The number of aryl methyl sites for hydroxylation is 1. The van der Waals surface area contributed by atoms with Crippen LogP contribution in [-0.2, 0) is 0 Å². The van der Waals surface area contributed by atoms with Crippen LogP contribution in [0.4, 0.5) is 11.6 Å². The second-order valence-corrected chi connectivity index (χ2v) is 3.98. The molecule has 0 spiro atoms. The summed E-state index contributed by atoms with van der Waals surface area (Å²) in [6.45, 7) is 6.21. The minimum absolute atomic E-state index is 0.151. The van der Waals surface area contributed by atoms with Gasteiger partial charge in [0.05, 0.1) is 10.6 Å². The van der Waals surface area contributed by atoms with E-state index in [1.54, 1.807) is 4.57 Å². The average Bonchev–Trinajstić information content (AvgIpc) is 2.70. The molecule has 19 heavy (non-hydrogen) atoms. The number of hydrogen-bond acceptors (Lipinski definition) is 6. The van der Waals surface area contributed by atoms with Crippen LogP contribution >= 0.6 is 0 Å². The number of rotatable bonds is 4. The van der Waals surface area contributed by atoms with Gasteiger partial charge in [0, 0.05) is 12.2 Å². The molecule has 0 unspecified atom stereocenters. The lowest BCUT2D eigenvalue weighted by atomic mass is 10.3. The molecular weight excluding hydrogens is 248 g/mol. The second-order valence-electron chi connectivity index (χ2n) is 3.98. The molecule has 2 heterocycles. The number of nitrogens with zero attached hydrogens (tertiary/aromatic N) is 5. The van der Waals surface area contributed by atoms with Crippen molar-refractivity contribution in [2.75, 3.05) is 11.9 Å². The van der Waals surface area contributed by atoms with Crippen molar-refractivity contribution in [1.29, 1.82) is 0 Å². The highest BCUT2D eigenvalue weighted by atomic mass is 16.6. The van der Waals surface area contributed by atoms with Gasteiger partial charge < -0.3 is 5.32 Å². The molecule has 0 saturated carbocycles. The zero-order chi connectivity index (χ0) is 14.0. The van der Waals surface area contributed by atoms with Crippen LogP contribution < -0.4 is 5.32 Å². The van der Waals surface area contributed by atoms with E-state index in [4.69, 9.17) is 0 Å². The number of hydrogen-bond donors (Lipinski definition) is 1. The predicted molar refractivity (Wildman–Crippen MR) is 69.4 cm³/mol. The van der Waals surface area contributed by atoms with Crippen molar-refractivity contribution < 1.29 is 4.92 Å². The van der Waals surface area contributed by atoms with E-state index in [1.165, 1.54) is 12.5 Å². The summed E-state index contributed by atoms with van der Waals surface area (Å²) >= 11 is 0. The Hall–Kier alpha value is -2.51. The van der Waals surface area contributed by atoms with Crippen LogP contribution in [-0.4, -0.2) is 31.0 Å². The first-order chi connectivity index (χ1) is 9.04. The van der Waals surface area contributed by atoms with Crippen LogP contribution in [0.3, 0.4) is 0 Å². The first kappa shape index (κ1) is 12.9. The molecule has 0 fully saturated rings. The maximum absolute atomic E-state index is 11.1. The monoisotopic (exact) mass is 262 g/mol. The quantitative estimate of drug-likeness (QED) is 0.664. The molecule has 2 aromatic rings. The molecule has 100 valence electrons. The predicted octanol–water partition coefficient (Wildman–Crippen LogP) is 1.62. The summed E-state index contributed by atoms with van der Waals surface area (Å²) in [5.74, 6) is 0.572. The fourth-order valence-electron chi connectivity index (χ4n) is 1.63. The van der Waals surface area contributed by atoms with Crippen LogP contribution in [0.2, 0.25) is 0 Å². The third kappa shape index (κ3) is 2.37. The molecule has 0 amide bonds. The fraction of sp³-hybridized carbons (Fsp3) is 0.364. The molecule has 8 heteroatoms. The molecule has 8 nitrogen and oxygen atoms in total. The molecule has 0 radical (unpaired) electrons. The first-order valence-electron chi connectivity index (χ1n) is 5.80. The third-order valence-electron chi connectivity index (χ3n) is 2.76.